The number of aromatic carboxylic acids is 1. The lowest BCUT2D eigenvalue weighted by Crippen LogP contribution is -2.28. The highest BCUT2D eigenvalue weighted by molar-refractivity contribution is 7.09. The van der Waals surface area contributed by atoms with Crippen molar-refractivity contribution < 1.29 is 14.7 Å². The first kappa shape index (κ1) is 15.2. The number of aryl methyl sites for hydroxylation is 1. The molecule has 3 N–H and O–H groups in total. The van der Waals surface area contributed by atoms with E-state index in [1.54, 1.807) is 31.4 Å². The maximum atomic E-state index is 12.3. The van der Waals surface area contributed by atoms with Crippen molar-refractivity contribution in [2.45, 2.75) is 26.7 Å². The van der Waals surface area contributed by atoms with Gasteiger partial charge in [0.05, 0.1) is 10.6 Å². The zero-order valence-corrected chi connectivity index (χ0v) is 12.9. The minimum Gasteiger partial charge on any atom is -0.477 e. The van der Waals surface area contributed by atoms with E-state index in [0.717, 1.165) is 5.01 Å². The molecule has 0 fully saturated rings. The molecule has 0 aromatic carbocycles. The van der Waals surface area contributed by atoms with E-state index in [2.05, 4.69) is 15.3 Å². The fourth-order valence-electron chi connectivity index (χ4n) is 2.20. The van der Waals surface area contributed by atoms with Gasteiger partial charge in [-0.2, -0.15) is 0 Å². The Bertz CT molecular complexity index is 661. The third-order valence-corrected chi connectivity index (χ3v) is 4.33. The number of carbonyl (C=O) groups excluding carboxylic acids is 1. The van der Waals surface area contributed by atoms with Crippen molar-refractivity contribution in [3.63, 3.8) is 0 Å². The number of nitrogens with zero attached hydrogens (tertiary/aromatic N) is 1. The van der Waals surface area contributed by atoms with Gasteiger partial charge in [-0.15, -0.1) is 11.3 Å². The molecule has 0 radical (unpaired) electrons. The van der Waals surface area contributed by atoms with Gasteiger partial charge >= 0.3 is 5.97 Å². The van der Waals surface area contributed by atoms with Crippen LogP contribution in [-0.2, 0) is 0 Å². The molecule has 0 aliphatic rings. The molecular formula is C14H17N3O3S. The molecule has 0 saturated heterocycles. The number of H-pyrrole nitrogens is 1. The molecule has 0 spiro atoms. The number of carbonyl (C=O) groups is 2. The van der Waals surface area contributed by atoms with Gasteiger partial charge in [-0.05, 0) is 19.4 Å². The Morgan fingerprint density at radius 2 is 2.19 bits per heavy atom. The predicted octanol–water partition coefficient (Wildman–Crippen LogP) is 2.32. The Labute approximate surface area is 126 Å². The maximum Gasteiger partial charge on any atom is 0.352 e. The Morgan fingerprint density at radius 3 is 2.71 bits per heavy atom. The van der Waals surface area contributed by atoms with Crippen LogP contribution in [0.5, 0.6) is 0 Å². The van der Waals surface area contributed by atoms with Gasteiger partial charge in [0.2, 0.25) is 0 Å². The summed E-state index contributed by atoms with van der Waals surface area (Å²) in [6, 6.07) is 0. The Hall–Kier alpha value is -2.15. The summed E-state index contributed by atoms with van der Waals surface area (Å²) < 4.78 is 0. The van der Waals surface area contributed by atoms with E-state index < -0.39 is 5.97 Å². The number of amides is 1. The van der Waals surface area contributed by atoms with Crippen LogP contribution in [-0.4, -0.2) is 33.5 Å². The van der Waals surface area contributed by atoms with Crippen LogP contribution in [0, 0.1) is 13.8 Å². The van der Waals surface area contributed by atoms with Gasteiger partial charge in [-0.1, -0.05) is 6.92 Å². The molecule has 0 aliphatic carbocycles. The summed E-state index contributed by atoms with van der Waals surface area (Å²) in [5.41, 5.74) is 1.48. The van der Waals surface area contributed by atoms with E-state index in [1.807, 2.05) is 12.3 Å². The molecule has 0 aliphatic heterocycles. The fraction of sp³-hybridized carbons (Fsp3) is 0.357. The number of nitrogens with one attached hydrogen (secondary N) is 2. The normalized spacial score (nSPS) is 12.1. The zero-order chi connectivity index (χ0) is 15.6. The summed E-state index contributed by atoms with van der Waals surface area (Å²) >= 11 is 1.55. The second kappa shape index (κ2) is 6.09. The molecule has 1 amide bonds. The fourth-order valence-corrected chi connectivity index (χ4v) is 2.90. The zero-order valence-electron chi connectivity index (χ0n) is 12.1. The largest absolute Gasteiger partial charge is 0.477 e. The first-order chi connectivity index (χ1) is 9.91. The quantitative estimate of drug-likeness (QED) is 0.790. The number of rotatable bonds is 5. The van der Waals surface area contributed by atoms with Gasteiger partial charge < -0.3 is 15.4 Å². The van der Waals surface area contributed by atoms with Crippen LogP contribution in [0.4, 0.5) is 0 Å². The Balaban J connectivity index is 2.09. The van der Waals surface area contributed by atoms with Gasteiger partial charge in [-0.3, -0.25) is 4.79 Å². The number of aromatic amines is 1. The molecule has 2 aromatic heterocycles. The third kappa shape index (κ3) is 3.13. The van der Waals surface area contributed by atoms with Crippen molar-refractivity contribution in [2.24, 2.45) is 0 Å². The monoisotopic (exact) mass is 307 g/mol. The van der Waals surface area contributed by atoms with Gasteiger partial charge in [0, 0.05) is 29.7 Å². The molecule has 2 heterocycles. The van der Waals surface area contributed by atoms with E-state index in [4.69, 9.17) is 5.11 Å². The minimum atomic E-state index is -1.06. The first-order valence-electron chi connectivity index (χ1n) is 6.51. The van der Waals surface area contributed by atoms with Crippen molar-refractivity contribution >= 4 is 23.2 Å². The highest BCUT2D eigenvalue weighted by atomic mass is 32.1. The topological polar surface area (TPSA) is 95.1 Å². The van der Waals surface area contributed by atoms with Crippen molar-refractivity contribution in [2.75, 3.05) is 6.54 Å². The molecule has 112 valence electrons. The lowest BCUT2D eigenvalue weighted by molar-refractivity contribution is 0.0690. The van der Waals surface area contributed by atoms with Crippen LogP contribution < -0.4 is 5.32 Å². The standard InChI is InChI=1S/C14H17N3O3S/c1-7(13-15-4-5-21-13)6-16-12(18)10-8(2)11(14(19)20)17-9(10)3/h4-5,7,17H,6H2,1-3H3,(H,16,18)(H,19,20). The van der Waals surface area contributed by atoms with E-state index in [1.165, 1.54) is 0 Å². The summed E-state index contributed by atoms with van der Waals surface area (Å²) in [6.07, 6.45) is 1.73. The van der Waals surface area contributed by atoms with Gasteiger partial charge in [0.15, 0.2) is 0 Å². The van der Waals surface area contributed by atoms with Crippen LogP contribution in [0.15, 0.2) is 11.6 Å². The summed E-state index contributed by atoms with van der Waals surface area (Å²) in [6.45, 7) is 5.77. The Morgan fingerprint density at radius 1 is 1.48 bits per heavy atom. The summed E-state index contributed by atoms with van der Waals surface area (Å²) in [5, 5.41) is 14.8. The van der Waals surface area contributed by atoms with Crippen LogP contribution in [0.2, 0.25) is 0 Å². The summed E-state index contributed by atoms with van der Waals surface area (Å²) in [4.78, 5) is 30.3. The Kier molecular flexibility index (Phi) is 4.42. The van der Waals surface area contributed by atoms with E-state index in [-0.39, 0.29) is 17.5 Å². The molecule has 21 heavy (non-hydrogen) atoms. The number of thiazole rings is 1. The minimum absolute atomic E-state index is 0.0608. The molecule has 6 nitrogen and oxygen atoms in total. The van der Waals surface area contributed by atoms with Crippen molar-refractivity contribution in [3.05, 3.63) is 39.1 Å². The lowest BCUT2D eigenvalue weighted by atomic mass is 10.1. The average molecular weight is 307 g/mol. The second-order valence-corrected chi connectivity index (χ2v) is 5.84. The average Bonchev–Trinajstić information content (AvgIpc) is 3.04. The maximum absolute atomic E-state index is 12.3. The SMILES string of the molecule is Cc1[nH]c(C(=O)O)c(C)c1C(=O)NCC(C)c1nccs1. The van der Waals surface area contributed by atoms with Crippen molar-refractivity contribution in [1.82, 2.24) is 15.3 Å². The molecule has 2 aromatic rings. The predicted molar refractivity (Wildman–Crippen MR) is 80.1 cm³/mol. The number of carboxylic acids is 1. The van der Waals surface area contributed by atoms with Crippen molar-refractivity contribution in [3.8, 4) is 0 Å². The molecule has 0 bridgehead atoms. The third-order valence-electron chi connectivity index (χ3n) is 3.32. The van der Waals surface area contributed by atoms with E-state index in [9.17, 15) is 9.59 Å². The molecule has 1 unspecified atom stereocenters. The van der Waals surface area contributed by atoms with Crippen LogP contribution in [0.25, 0.3) is 0 Å². The smallest absolute Gasteiger partial charge is 0.352 e. The summed E-state index contributed by atoms with van der Waals surface area (Å²) in [7, 11) is 0. The number of hydrogen-bond donors (Lipinski definition) is 3. The van der Waals surface area contributed by atoms with Crippen LogP contribution in [0.1, 0.15) is 50.0 Å². The number of aromatic nitrogens is 2. The van der Waals surface area contributed by atoms with Crippen molar-refractivity contribution in [1.29, 1.82) is 0 Å². The lowest BCUT2D eigenvalue weighted by Gasteiger charge is -2.10. The van der Waals surface area contributed by atoms with Crippen LogP contribution in [0.3, 0.4) is 0 Å². The number of hydrogen-bond acceptors (Lipinski definition) is 4. The second-order valence-electron chi connectivity index (χ2n) is 4.91. The van der Waals surface area contributed by atoms with E-state index in [0.29, 0.717) is 23.4 Å². The van der Waals surface area contributed by atoms with E-state index >= 15 is 0 Å². The first-order valence-corrected chi connectivity index (χ1v) is 7.39. The van der Waals surface area contributed by atoms with Gasteiger partial charge in [0.1, 0.15) is 5.69 Å². The molecule has 0 saturated carbocycles. The highest BCUT2D eigenvalue weighted by Crippen LogP contribution is 2.19. The summed E-state index contributed by atoms with van der Waals surface area (Å²) in [5.74, 6) is -1.21. The number of carboxylic acid groups (broad SMARTS) is 1. The van der Waals surface area contributed by atoms with Crippen LogP contribution >= 0.6 is 11.3 Å². The highest BCUT2D eigenvalue weighted by Gasteiger charge is 2.22. The molecular weight excluding hydrogens is 290 g/mol. The molecule has 1 atom stereocenters. The van der Waals surface area contributed by atoms with Gasteiger partial charge in [-0.25, -0.2) is 9.78 Å². The van der Waals surface area contributed by atoms with Gasteiger partial charge in [0.25, 0.3) is 5.91 Å². The molecule has 2 rings (SSSR count). The molecule has 7 heteroatoms.